The van der Waals surface area contributed by atoms with Crippen LogP contribution in [-0.2, 0) is 25.5 Å². The van der Waals surface area contributed by atoms with E-state index in [4.69, 9.17) is 9.47 Å². The minimum absolute atomic E-state index is 0.0501. The van der Waals surface area contributed by atoms with Crippen molar-refractivity contribution in [2.45, 2.75) is 31.7 Å². The van der Waals surface area contributed by atoms with E-state index in [2.05, 4.69) is 0 Å². The summed E-state index contributed by atoms with van der Waals surface area (Å²) < 4.78 is 10.5. The van der Waals surface area contributed by atoms with Gasteiger partial charge < -0.3 is 14.4 Å². The highest BCUT2D eigenvalue weighted by molar-refractivity contribution is 6.05. The first-order valence-corrected chi connectivity index (χ1v) is 11.0. The lowest BCUT2D eigenvalue weighted by Crippen LogP contribution is -2.53. The maximum absolute atomic E-state index is 13.5. The Kier molecular flexibility index (Phi) is 6.55. The monoisotopic (exact) mass is 436 g/mol. The molecule has 2 aliphatic heterocycles. The average molecular weight is 437 g/mol. The number of benzene rings is 2. The third-order valence-corrected chi connectivity index (χ3v) is 6.12. The van der Waals surface area contributed by atoms with Gasteiger partial charge in [0.15, 0.2) is 0 Å². The van der Waals surface area contributed by atoms with Crippen LogP contribution in [-0.4, -0.2) is 62.1 Å². The first-order chi connectivity index (χ1) is 15.5. The maximum Gasteiger partial charge on any atom is 0.329 e. The van der Waals surface area contributed by atoms with Crippen molar-refractivity contribution in [1.29, 1.82) is 0 Å². The molecule has 0 saturated carbocycles. The molecule has 168 valence electrons. The molecule has 2 aliphatic rings. The van der Waals surface area contributed by atoms with Crippen molar-refractivity contribution in [1.82, 2.24) is 4.90 Å². The fourth-order valence-electron chi connectivity index (χ4n) is 4.72. The van der Waals surface area contributed by atoms with Crippen LogP contribution in [0.3, 0.4) is 0 Å². The summed E-state index contributed by atoms with van der Waals surface area (Å²) in [7, 11) is 1.61. The van der Waals surface area contributed by atoms with E-state index in [1.165, 1.54) is 0 Å². The Hall–Kier alpha value is -3.19. The zero-order valence-corrected chi connectivity index (χ0v) is 18.5. The van der Waals surface area contributed by atoms with Crippen LogP contribution in [0.25, 0.3) is 0 Å². The molecular formula is C25H28N2O5. The topological polar surface area (TPSA) is 76.2 Å². The smallest absolute Gasteiger partial charge is 0.329 e. The van der Waals surface area contributed by atoms with Crippen molar-refractivity contribution >= 4 is 23.5 Å². The second kappa shape index (κ2) is 9.53. The summed E-state index contributed by atoms with van der Waals surface area (Å²) in [6.07, 6.45) is 0.582. The first-order valence-electron chi connectivity index (χ1n) is 11.0. The Labute approximate surface area is 187 Å². The Morgan fingerprint density at radius 1 is 1.09 bits per heavy atom. The molecule has 0 saturated heterocycles. The average Bonchev–Trinajstić information content (AvgIpc) is 2.80. The lowest BCUT2D eigenvalue weighted by atomic mass is 9.79. The molecular weight excluding hydrogens is 408 g/mol. The van der Waals surface area contributed by atoms with E-state index in [0.29, 0.717) is 37.4 Å². The van der Waals surface area contributed by atoms with E-state index in [9.17, 15) is 14.4 Å². The van der Waals surface area contributed by atoms with Crippen molar-refractivity contribution in [2.75, 3.05) is 38.3 Å². The van der Waals surface area contributed by atoms with Crippen LogP contribution in [0.1, 0.15) is 40.7 Å². The van der Waals surface area contributed by atoms with Crippen LogP contribution in [0.4, 0.5) is 5.69 Å². The van der Waals surface area contributed by atoms with E-state index in [1.807, 2.05) is 36.4 Å². The summed E-state index contributed by atoms with van der Waals surface area (Å²) in [5, 5.41) is 0. The molecule has 0 unspecified atom stereocenters. The van der Waals surface area contributed by atoms with Crippen LogP contribution in [0.15, 0.2) is 48.5 Å². The van der Waals surface area contributed by atoms with E-state index in [1.54, 1.807) is 36.0 Å². The standard InChI is InChI=1S/C25H28N2O5/c1-3-32-25(30)21-15-18-16-26(12-13-31-2)24(29)19-10-7-11-20(23(18)19)27(21)22(28)14-17-8-5-4-6-9-17/h4-11,18,21H,3,12-16H2,1-2H3/t18-,21-/m0/s1. The SMILES string of the molecule is CCOC(=O)[C@@H]1C[C@H]2CN(CCOC)C(=O)c3cccc(c32)N1C(=O)Cc1ccccc1. The molecule has 0 radical (unpaired) electrons. The molecule has 2 aromatic carbocycles. The van der Waals surface area contributed by atoms with Crippen molar-refractivity contribution in [2.24, 2.45) is 0 Å². The fourth-order valence-corrected chi connectivity index (χ4v) is 4.72. The third kappa shape index (κ3) is 4.12. The number of anilines is 1. The van der Waals surface area contributed by atoms with Gasteiger partial charge in [0, 0.05) is 37.4 Å². The number of methoxy groups -OCH3 is 1. The number of carbonyl (C=O) groups is 3. The number of ether oxygens (including phenoxy) is 2. The maximum atomic E-state index is 13.5. The number of hydrogen-bond donors (Lipinski definition) is 0. The van der Waals surface area contributed by atoms with Crippen molar-refractivity contribution in [3.8, 4) is 0 Å². The third-order valence-electron chi connectivity index (χ3n) is 6.12. The molecule has 7 heteroatoms. The Balaban J connectivity index is 1.74. The second-order valence-corrected chi connectivity index (χ2v) is 8.11. The number of rotatable bonds is 7. The van der Waals surface area contributed by atoms with Gasteiger partial charge in [-0.05, 0) is 36.6 Å². The van der Waals surface area contributed by atoms with Crippen molar-refractivity contribution < 1.29 is 23.9 Å². The number of hydrogen-bond acceptors (Lipinski definition) is 5. The minimum atomic E-state index is -0.726. The van der Waals surface area contributed by atoms with Gasteiger partial charge in [0.05, 0.1) is 19.6 Å². The number of nitrogens with zero attached hydrogens (tertiary/aromatic N) is 2. The largest absolute Gasteiger partial charge is 0.464 e. The molecule has 0 aliphatic carbocycles. The highest BCUT2D eigenvalue weighted by Crippen LogP contribution is 2.44. The summed E-state index contributed by atoms with van der Waals surface area (Å²) in [4.78, 5) is 42.9. The molecule has 2 atom stereocenters. The van der Waals surface area contributed by atoms with E-state index < -0.39 is 12.0 Å². The highest BCUT2D eigenvalue weighted by Gasteiger charge is 2.45. The first kappa shape index (κ1) is 22.0. The van der Waals surface area contributed by atoms with Gasteiger partial charge in [0.2, 0.25) is 5.91 Å². The molecule has 0 N–H and O–H groups in total. The predicted octanol–water partition coefficient (Wildman–Crippen LogP) is 2.78. The molecule has 0 bridgehead atoms. The predicted molar refractivity (Wildman–Crippen MR) is 120 cm³/mol. The van der Waals surface area contributed by atoms with Crippen molar-refractivity contribution in [3.63, 3.8) is 0 Å². The minimum Gasteiger partial charge on any atom is -0.464 e. The number of carbonyl (C=O) groups excluding carboxylic acids is 3. The summed E-state index contributed by atoms with van der Waals surface area (Å²) in [6.45, 7) is 3.41. The molecule has 7 nitrogen and oxygen atoms in total. The molecule has 0 spiro atoms. The number of amides is 2. The van der Waals surface area contributed by atoms with Crippen LogP contribution in [0.2, 0.25) is 0 Å². The molecule has 0 aromatic heterocycles. The van der Waals surface area contributed by atoms with Gasteiger partial charge in [-0.25, -0.2) is 4.79 Å². The Morgan fingerprint density at radius 2 is 1.88 bits per heavy atom. The van der Waals surface area contributed by atoms with Gasteiger partial charge in [0.1, 0.15) is 6.04 Å². The molecule has 4 rings (SSSR count). The lowest BCUT2D eigenvalue weighted by molar-refractivity contribution is -0.146. The summed E-state index contributed by atoms with van der Waals surface area (Å²) in [6, 6.07) is 14.1. The summed E-state index contributed by atoms with van der Waals surface area (Å²) >= 11 is 0. The Morgan fingerprint density at radius 3 is 2.59 bits per heavy atom. The quantitative estimate of drug-likeness (QED) is 0.624. The second-order valence-electron chi connectivity index (χ2n) is 8.11. The number of esters is 1. The molecule has 2 heterocycles. The zero-order chi connectivity index (χ0) is 22.7. The van der Waals surface area contributed by atoms with E-state index in [0.717, 1.165) is 11.1 Å². The van der Waals surface area contributed by atoms with Gasteiger partial charge in [-0.2, -0.15) is 0 Å². The van der Waals surface area contributed by atoms with Crippen LogP contribution in [0, 0.1) is 0 Å². The van der Waals surface area contributed by atoms with Crippen molar-refractivity contribution in [3.05, 3.63) is 65.2 Å². The Bertz CT molecular complexity index is 1010. The molecule has 0 fully saturated rings. The van der Waals surface area contributed by atoms with Gasteiger partial charge in [-0.3, -0.25) is 14.5 Å². The van der Waals surface area contributed by atoms with Gasteiger partial charge in [-0.15, -0.1) is 0 Å². The lowest BCUT2D eigenvalue weighted by Gasteiger charge is -2.44. The van der Waals surface area contributed by atoms with Crippen LogP contribution >= 0.6 is 0 Å². The van der Waals surface area contributed by atoms with Gasteiger partial charge >= 0.3 is 5.97 Å². The summed E-state index contributed by atoms with van der Waals surface area (Å²) in [5.74, 6) is -0.716. The van der Waals surface area contributed by atoms with Crippen LogP contribution in [0.5, 0.6) is 0 Å². The molecule has 32 heavy (non-hydrogen) atoms. The normalized spacial score (nSPS) is 19.5. The van der Waals surface area contributed by atoms with Gasteiger partial charge in [-0.1, -0.05) is 36.4 Å². The van der Waals surface area contributed by atoms with Crippen LogP contribution < -0.4 is 4.90 Å². The highest BCUT2D eigenvalue weighted by atomic mass is 16.5. The molecule has 2 amide bonds. The molecule has 2 aromatic rings. The van der Waals surface area contributed by atoms with Gasteiger partial charge in [0.25, 0.3) is 5.91 Å². The van der Waals surface area contributed by atoms with E-state index in [-0.39, 0.29) is 30.8 Å². The summed E-state index contributed by atoms with van der Waals surface area (Å²) in [5.41, 5.74) is 2.95. The zero-order valence-electron chi connectivity index (χ0n) is 18.5. The fraction of sp³-hybridized carbons (Fsp3) is 0.400. The van der Waals surface area contributed by atoms with E-state index >= 15 is 0 Å².